The smallest absolute Gasteiger partial charge is 0.134 e. The molecule has 0 radical (unpaired) electrons. The molecule has 2 atom stereocenters. The average molecular weight is 259 g/mol. The summed E-state index contributed by atoms with van der Waals surface area (Å²) >= 11 is 0. The van der Waals surface area contributed by atoms with Crippen LogP contribution >= 0.6 is 0 Å². The van der Waals surface area contributed by atoms with Crippen molar-refractivity contribution in [3.8, 4) is 0 Å². The van der Waals surface area contributed by atoms with Gasteiger partial charge in [0.25, 0.3) is 0 Å². The molecule has 2 aromatic rings. The van der Waals surface area contributed by atoms with Crippen molar-refractivity contribution in [1.82, 2.24) is 5.32 Å². The summed E-state index contributed by atoms with van der Waals surface area (Å²) in [5.41, 5.74) is 2.27. The van der Waals surface area contributed by atoms with Crippen molar-refractivity contribution < 1.29 is 9.15 Å². The Morgan fingerprint density at radius 1 is 1.32 bits per heavy atom. The number of benzene rings is 1. The zero-order valence-corrected chi connectivity index (χ0v) is 11.6. The fourth-order valence-electron chi connectivity index (χ4n) is 3.03. The topological polar surface area (TPSA) is 34.4 Å². The number of fused-ring (bicyclic) bond motifs is 1. The van der Waals surface area contributed by atoms with Crippen molar-refractivity contribution in [3.05, 3.63) is 35.6 Å². The molecule has 1 heterocycles. The van der Waals surface area contributed by atoms with Gasteiger partial charge >= 0.3 is 0 Å². The van der Waals surface area contributed by atoms with Crippen LogP contribution in [0, 0.1) is 6.92 Å². The first-order valence-electron chi connectivity index (χ1n) is 7.01. The monoisotopic (exact) mass is 259 g/mol. The van der Waals surface area contributed by atoms with Gasteiger partial charge in [-0.05, 0) is 32.3 Å². The molecule has 0 saturated heterocycles. The Morgan fingerprint density at radius 2 is 2.16 bits per heavy atom. The summed E-state index contributed by atoms with van der Waals surface area (Å²) < 4.78 is 11.2. The van der Waals surface area contributed by atoms with Gasteiger partial charge in [-0.1, -0.05) is 18.2 Å². The zero-order chi connectivity index (χ0) is 13.2. The molecule has 2 unspecified atom stereocenters. The normalized spacial score (nSPS) is 23.3. The predicted molar refractivity (Wildman–Crippen MR) is 76.2 cm³/mol. The van der Waals surface area contributed by atoms with Crippen LogP contribution in [0.25, 0.3) is 11.0 Å². The molecule has 0 amide bonds. The highest BCUT2D eigenvalue weighted by atomic mass is 16.5. The predicted octanol–water partition coefficient (Wildman–Crippen LogP) is 3.40. The largest absolute Gasteiger partial charge is 0.461 e. The minimum atomic E-state index is 0.430. The molecule has 1 fully saturated rings. The lowest BCUT2D eigenvalue weighted by molar-refractivity contribution is 0.107. The Morgan fingerprint density at radius 3 is 2.95 bits per heavy atom. The standard InChI is InChI=1S/C16H21NO2/c1-11-15(14-5-3-4-6-16(14)19-11)10-17-12-7-8-13(9-12)18-2/h3-6,12-13,17H,7-10H2,1-2H3. The molecule has 1 aromatic carbocycles. The van der Waals surface area contributed by atoms with E-state index >= 15 is 0 Å². The molecule has 1 saturated carbocycles. The van der Waals surface area contributed by atoms with Crippen LogP contribution in [-0.2, 0) is 11.3 Å². The molecule has 0 aliphatic heterocycles. The Bertz CT molecular complexity index is 561. The number of rotatable bonds is 4. The van der Waals surface area contributed by atoms with Gasteiger partial charge in [-0.15, -0.1) is 0 Å². The van der Waals surface area contributed by atoms with Gasteiger partial charge in [-0.25, -0.2) is 0 Å². The summed E-state index contributed by atoms with van der Waals surface area (Å²) in [7, 11) is 1.81. The first-order valence-corrected chi connectivity index (χ1v) is 7.01. The Balaban J connectivity index is 1.70. The van der Waals surface area contributed by atoms with Crippen molar-refractivity contribution in [2.45, 2.75) is 44.9 Å². The Kier molecular flexibility index (Phi) is 3.58. The number of para-hydroxylation sites is 1. The van der Waals surface area contributed by atoms with Crippen molar-refractivity contribution >= 4 is 11.0 Å². The van der Waals surface area contributed by atoms with Crippen LogP contribution in [0.15, 0.2) is 28.7 Å². The molecule has 1 N–H and O–H groups in total. The van der Waals surface area contributed by atoms with E-state index in [1.165, 1.54) is 23.8 Å². The number of aryl methyl sites for hydroxylation is 1. The maximum atomic E-state index is 5.79. The highest BCUT2D eigenvalue weighted by molar-refractivity contribution is 5.82. The minimum Gasteiger partial charge on any atom is -0.461 e. The summed E-state index contributed by atoms with van der Waals surface area (Å²) in [5.74, 6) is 1.02. The third kappa shape index (κ3) is 2.53. The second-order valence-electron chi connectivity index (χ2n) is 5.38. The number of furan rings is 1. The zero-order valence-electron chi connectivity index (χ0n) is 11.6. The van der Waals surface area contributed by atoms with Crippen LogP contribution in [0.2, 0.25) is 0 Å². The van der Waals surface area contributed by atoms with E-state index in [4.69, 9.17) is 9.15 Å². The number of nitrogens with one attached hydrogen (secondary N) is 1. The van der Waals surface area contributed by atoms with Gasteiger partial charge in [-0.3, -0.25) is 0 Å². The maximum Gasteiger partial charge on any atom is 0.134 e. The van der Waals surface area contributed by atoms with Gasteiger partial charge in [0.05, 0.1) is 6.10 Å². The number of ether oxygens (including phenoxy) is 1. The van der Waals surface area contributed by atoms with Gasteiger partial charge in [0.2, 0.25) is 0 Å². The van der Waals surface area contributed by atoms with Gasteiger partial charge in [-0.2, -0.15) is 0 Å². The molecular weight excluding hydrogens is 238 g/mol. The molecule has 1 aliphatic carbocycles. The van der Waals surface area contributed by atoms with Gasteiger partial charge < -0.3 is 14.5 Å². The van der Waals surface area contributed by atoms with Crippen LogP contribution in [-0.4, -0.2) is 19.3 Å². The SMILES string of the molecule is COC1CCC(NCc2c(C)oc3ccccc23)C1. The van der Waals surface area contributed by atoms with E-state index in [1.807, 2.05) is 19.1 Å². The second-order valence-corrected chi connectivity index (χ2v) is 5.38. The summed E-state index contributed by atoms with van der Waals surface area (Å²) in [5, 5.41) is 4.87. The molecule has 102 valence electrons. The number of hydrogen-bond donors (Lipinski definition) is 1. The molecule has 3 rings (SSSR count). The summed E-state index contributed by atoms with van der Waals surface area (Å²) in [6.45, 7) is 2.92. The van der Waals surface area contributed by atoms with Gasteiger partial charge in [0.15, 0.2) is 0 Å². The highest BCUT2D eigenvalue weighted by Crippen LogP contribution is 2.26. The third-order valence-electron chi connectivity index (χ3n) is 4.19. The molecule has 3 nitrogen and oxygen atoms in total. The molecule has 1 aromatic heterocycles. The maximum absolute atomic E-state index is 5.79. The van der Waals surface area contributed by atoms with Crippen molar-refractivity contribution in [2.75, 3.05) is 7.11 Å². The van der Waals surface area contributed by atoms with E-state index in [9.17, 15) is 0 Å². The quantitative estimate of drug-likeness (QED) is 0.913. The van der Waals surface area contributed by atoms with E-state index in [0.29, 0.717) is 12.1 Å². The van der Waals surface area contributed by atoms with Crippen LogP contribution in [0.5, 0.6) is 0 Å². The number of hydrogen-bond acceptors (Lipinski definition) is 3. The molecule has 19 heavy (non-hydrogen) atoms. The molecular formula is C16H21NO2. The van der Waals surface area contributed by atoms with E-state index in [1.54, 1.807) is 7.11 Å². The number of methoxy groups -OCH3 is 1. The fraction of sp³-hybridized carbons (Fsp3) is 0.500. The first kappa shape index (κ1) is 12.7. The molecule has 0 spiro atoms. The minimum absolute atomic E-state index is 0.430. The third-order valence-corrected chi connectivity index (χ3v) is 4.19. The van der Waals surface area contributed by atoms with Gasteiger partial charge in [0, 0.05) is 30.6 Å². The van der Waals surface area contributed by atoms with E-state index in [2.05, 4.69) is 17.4 Å². The fourth-order valence-corrected chi connectivity index (χ4v) is 3.03. The van der Waals surface area contributed by atoms with E-state index < -0.39 is 0 Å². The summed E-state index contributed by atoms with van der Waals surface area (Å²) in [6.07, 6.45) is 3.91. The first-order chi connectivity index (χ1) is 9.28. The van der Waals surface area contributed by atoms with Gasteiger partial charge in [0.1, 0.15) is 11.3 Å². The average Bonchev–Trinajstić information content (AvgIpc) is 3.00. The van der Waals surface area contributed by atoms with Crippen LogP contribution in [0.3, 0.4) is 0 Å². The molecule has 3 heteroatoms. The van der Waals surface area contributed by atoms with Crippen molar-refractivity contribution in [2.24, 2.45) is 0 Å². The summed E-state index contributed by atoms with van der Waals surface area (Å²) in [4.78, 5) is 0. The van der Waals surface area contributed by atoms with Crippen LogP contribution in [0.4, 0.5) is 0 Å². The lowest BCUT2D eigenvalue weighted by Crippen LogP contribution is -2.26. The van der Waals surface area contributed by atoms with Crippen LogP contribution in [0.1, 0.15) is 30.6 Å². The lowest BCUT2D eigenvalue weighted by atomic mass is 10.1. The van der Waals surface area contributed by atoms with E-state index in [-0.39, 0.29) is 0 Å². The Hall–Kier alpha value is -1.32. The second kappa shape index (κ2) is 5.35. The molecule has 0 bridgehead atoms. The highest BCUT2D eigenvalue weighted by Gasteiger charge is 2.24. The molecule has 1 aliphatic rings. The summed E-state index contributed by atoms with van der Waals surface area (Å²) in [6, 6.07) is 8.82. The van der Waals surface area contributed by atoms with E-state index in [0.717, 1.165) is 24.3 Å². The Labute approximate surface area is 113 Å². The van der Waals surface area contributed by atoms with Crippen LogP contribution < -0.4 is 5.32 Å². The van der Waals surface area contributed by atoms with Crippen molar-refractivity contribution in [1.29, 1.82) is 0 Å². The lowest BCUT2D eigenvalue weighted by Gasteiger charge is -2.12. The van der Waals surface area contributed by atoms with Crippen molar-refractivity contribution in [3.63, 3.8) is 0 Å².